The monoisotopic (exact) mass is 289 g/mol. The Morgan fingerprint density at radius 2 is 1.90 bits per heavy atom. The molecule has 21 heavy (non-hydrogen) atoms. The van der Waals surface area contributed by atoms with Crippen LogP contribution < -0.4 is 11.3 Å². The lowest BCUT2D eigenvalue weighted by Crippen LogP contribution is -2.62. The van der Waals surface area contributed by atoms with Crippen molar-refractivity contribution in [2.45, 2.75) is 37.8 Å². The Balaban J connectivity index is 1.70. The number of ether oxygens (including phenoxy) is 1. The number of hydrogen-bond acceptors (Lipinski definition) is 4. The summed E-state index contributed by atoms with van der Waals surface area (Å²) in [4.78, 5) is 2.52. The number of nitrogens with one attached hydrogen (secondary N) is 1. The van der Waals surface area contributed by atoms with Crippen molar-refractivity contribution in [1.82, 2.24) is 10.3 Å². The molecule has 1 aliphatic carbocycles. The van der Waals surface area contributed by atoms with Crippen LogP contribution in [0.3, 0.4) is 0 Å². The molecular weight excluding hydrogens is 262 g/mol. The quantitative estimate of drug-likeness (QED) is 0.640. The molecule has 4 heteroatoms. The molecule has 2 fully saturated rings. The summed E-state index contributed by atoms with van der Waals surface area (Å²) in [5.41, 5.74) is 4.61. The lowest BCUT2D eigenvalue weighted by Gasteiger charge is -2.46. The summed E-state index contributed by atoms with van der Waals surface area (Å²) in [5, 5.41) is 0. The van der Waals surface area contributed by atoms with Crippen LogP contribution in [0, 0.1) is 5.92 Å². The van der Waals surface area contributed by atoms with E-state index in [2.05, 4.69) is 54.5 Å². The minimum absolute atomic E-state index is 0.0483. The van der Waals surface area contributed by atoms with E-state index >= 15 is 0 Å². The van der Waals surface area contributed by atoms with Gasteiger partial charge in [0.15, 0.2) is 0 Å². The molecule has 1 saturated carbocycles. The molecule has 0 radical (unpaired) electrons. The molecule has 1 heterocycles. The lowest BCUT2D eigenvalue weighted by atomic mass is 9.87. The van der Waals surface area contributed by atoms with Crippen LogP contribution in [-0.4, -0.2) is 42.8 Å². The maximum Gasteiger partial charge on any atom is 0.0594 e. The molecule has 116 valence electrons. The fraction of sp³-hybridized carbons (Fsp3) is 0.647. The Kier molecular flexibility index (Phi) is 4.31. The third-order valence-corrected chi connectivity index (χ3v) is 5.26. The third kappa shape index (κ3) is 2.99. The first-order chi connectivity index (χ1) is 10.1. The SMILES string of the molecule is CC(C)(C(NN)C1CC1c1ccccc1)N1CCOCC1. The number of morpholine rings is 1. The number of benzene rings is 1. The second kappa shape index (κ2) is 6.05. The van der Waals surface area contributed by atoms with Gasteiger partial charge in [0.1, 0.15) is 0 Å². The summed E-state index contributed by atoms with van der Waals surface area (Å²) in [6.07, 6.45) is 1.23. The number of hydrazine groups is 1. The summed E-state index contributed by atoms with van der Waals surface area (Å²) in [5.74, 6) is 7.21. The zero-order chi connectivity index (χ0) is 14.9. The van der Waals surface area contributed by atoms with E-state index in [1.165, 1.54) is 12.0 Å². The number of rotatable bonds is 5. The summed E-state index contributed by atoms with van der Waals surface area (Å²) < 4.78 is 5.48. The molecule has 0 amide bonds. The van der Waals surface area contributed by atoms with E-state index in [4.69, 9.17) is 10.6 Å². The molecule has 0 bridgehead atoms. The van der Waals surface area contributed by atoms with Crippen LogP contribution in [0.2, 0.25) is 0 Å². The first-order valence-electron chi connectivity index (χ1n) is 7.98. The van der Waals surface area contributed by atoms with Crippen LogP contribution >= 0.6 is 0 Å². The minimum Gasteiger partial charge on any atom is -0.379 e. The van der Waals surface area contributed by atoms with Crippen LogP contribution in [0.25, 0.3) is 0 Å². The summed E-state index contributed by atoms with van der Waals surface area (Å²) in [6.45, 7) is 8.26. The lowest BCUT2D eigenvalue weighted by molar-refractivity contribution is -0.0265. The Bertz CT molecular complexity index is 456. The third-order valence-electron chi connectivity index (χ3n) is 5.26. The van der Waals surface area contributed by atoms with Crippen molar-refractivity contribution in [1.29, 1.82) is 0 Å². The molecule has 4 nitrogen and oxygen atoms in total. The van der Waals surface area contributed by atoms with E-state index in [1.54, 1.807) is 0 Å². The predicted octanol–water partition coefficient (Wildman–Crippen LogP) is 1.73. The van der Waals surface area contributed by atoms with Crippen molar-refractivity contribution in [3.8, 4) is 0 Å². The van der Waals surface area contributed by atoms with Gasteiger partial charge in [0.05, 0.1) is 13.2 Å². The highest BCUT2D eigenvalue weighted by atomic mass is 16.5. The van der Waals surface area contributed by atoms with Gasteiger partial charge in [0.25, 0.3) is 0 Å². The largest absolute Gasteiger partial charge is 0.379 e. The highest BCUT2D eigenvalue weighted by molar-refractivity contribution is 5.27. The zero-order valence-corrected chi connectivity index (χ0v) is 13.1. The average molecular weight is 289 g/mol. The highest BCUT2D eigenvalue weighted by Crippen LogP contribution is 2.52. The molecule has 0 aromatic heterocycles. The first-order valence-corrected chi connectivity index (χ1v) is 7.98. The van der Waals surface area contributed by atoms with Crippen molar-refractivity contribution in [3.63, 3.8) is 0 Å². The van der Waals surface area contributed by atoms with E-state index in [0.29, 0.717) is 17.9 Å². The maximum absolute atomic E-state index is 5.94. The Labute approximate surface area is 127 Å². The number of nitrogens with two attached hydrogens (primary N) is 1. The van der Waals surface area contributed by atoms with E-state index in [-0.39, 0.29) is 5.54 Å². The molecule has 1 saturated heterocycles. The van der Waals surface area contributed by atoms with Gasteiger partial charge in [-0.05, 0) is 37.7 Å². The summed E-state index contributed by atoms with van der Waals surface area (Å²) in [7, 11) is 0. The molecule has 1 aromatic rings. The molecular formula is C17H27N3O. The fourth-order valence-electron chi connectivity index (χ4n) is 3.85. The smallest absolute Gasteiger partial charge is 0.0594 e. The van der Waals surface area contributed by atoms with Crippen molar-refractivity contribution in [2.75, 3.05) is 26.3 Å². The molecule has 0 spiro atoms. The molecule has 3 atom stereocenters. The van der Waals surface area contributed by atoms with Crippen LogP contribution in [0.15, 0.2) is 30.3 Å². The highest BCUT2D eigenvalue weighted by Gasteiger charge is 2.50. The average Bonchev–Trinajstić information content (AvgIpc) is 3.30. The first kappa shape index (κ1) is 15.0. The maximum atomic E-state index is 5.94. The molecule has 1 aliphatic heterocycles. The van der Waals surface area contributed by atoms with Gasteiger partial charge in [-0.25, -0.2) is 0 Å². The van der Waals surface area contributed by atoms with Gasteiger partial charge in [-0.1, -0.05) is 30.3 Å². The van der Waals surface area contributed by atoms with E-state index in [9.17, 15) is 0 Å². The normalized spacial score (nSPS) is 28.3. The Morgan fingerprint density at radius 1 is 1.24 bits per heavy atom. The van der Waals surface area contributed by atoms with Gasteiger partial charge in [0.2, 0.25) is 0 Å². The van der Waals surface area contributed by atoms with E-state index < -0.39 is 0 Å². The number of hydrogen-bond donors (Lipinski definition) is 2. The molecule has 3 N–H and O–H groups in total. The summed E-state index contributed by atoms with van der Waals surface area (Å²) in [6, 6.07) is 11.1. The standard InChI is InChI=1S/C17H27N3O/c1-17(2,20-8-10-21-11-9-20)16(19-18)15-12-14(15)13-6-4-3-5-7-13/h3-7,14-16,19H,8-12,18H2,1-2H3. The fourth-order valence-corrected chi connectivity index (χ4v) is 3.85. The molecule has 2 aliphatic rings. The van der Waals surface area contributed by atoms with Crippen molar-refractivity contribution < 1.29 is 4.74 Å². The van der Waals surface area contributed by atoms with Gasteiger partial charge in [0, 0.05) is 24.7 Å². The minimum atomic E-state index is 0.0483. The van der Waals surface area contributed by atoms with Crippen LogP contribution in [0.1, 0.15) is 31.7 Å². The van der Waals surface area contributed by atoms with Crippen molar-refractivity contribution in [2.24, 2.45) is 11.8 Å². The van der Waals surface area contributed by atoms with Gasteiger partial charge in [-0.2, -0.15) is 0 Å². The van der Waals surface area contributed by atoms with Crippen LogP contribution in [-0.2, 0) is 4.74 Å². The molecule has 3 rings (SSSR count). The Hall–Kier alpha value is -0.940. The van der Waals surface area contributed by atoms with Crippen LogP contribution in [0.5, 0.6) is 0 Å². The molecule has 3 unspecified atom stereocenters. The number of nitrogens with zero attached hydrogens (tertiary/aromatic N) is 1. The van der Waals surface area contributed by atoms with Gasteiger partial charge in [-0.3, -0.25) is 16.2 Å². The van der Waals surface area contributed by atoms with Gasteiger partial charge in [-0.15, -0.1) is 0 Å². The second-order valence-corrected chi connectivity index (χ2v) is 6.81. The van der Waals surface area contributed by atoms with Crippen LogP contribution in [0.4, 0.5) is 0 Å². The Morgan fingerprint density at radius 3 is 2.52 bits per heavy atom. The van der Waals surface area contributed by atoms with E-state index in [1.807, 2.05) is 0 Å². The topological polar surface area (TPSA) is 50.5 Å². The summed E-state index contributed by atoms with van der Waals surface area (Å²) >= 11 is 0. The van der Waals surface area contributed by atoms with Crippen molar-refractivity contribution in [3.05, 3.63) is 35.9 Å². The van der Waals surface area contributed by atoms with E-state index in [0.717, 1.165) is 26.3 Å². The van der Waals surface area contributed by atoms with Gasteiger partial charge < -0.3 is 4.74 Å². The van der Waals surface area contributed by atoms with Crippen molar-refractivity contribution >= 4 is 0 Å². The predicted molar refractivity (Wildman–Crippen MR) is 84.9 cm³/mol. The van der Waals surface area contributed by atoms with Gasteiger partial charge >= 0.3 is 0 Å². The second-order valence-electron chi connectivity index (χ2n) is 6.81. The molecule has 1 aromatic carbocycles. The zero-order valence-electron chi connectivity index (χ0n) is 13.1.